The van der Waals surface area contributed by atoms with E-state index in [1.807, 2.05) is 0 Å². The maximum Gasteiger partial charge on any atom is 0.416 e. The number of imide groups is 1. The van der Waals surface area contributed by atoms with Gasteiger partial charge in [0.15, 0.2) is 0 Å². The van der Waals surface area contributed by atoms with Crippen LogP contribution in [0.2, 0.25) is 0 Å². The van der Waals surface area contributed by atoms with E-state index in [-0.39, 0.29) is 12.2 Å². The number of aryl methyl sites for hydroxylation is 1. The van der Waals surface area contributed by atoms with E-state index in [2.05, 4.69) is 16.4 Å². The van der Waals surface area contributed by atoms with Gasteiger partial charge in [-0.2, -0.15) is 18.4 Å². The van der Waals surface area contributed by atoms with Crippen LogP contribution in [0.15, 0.2) is 48.7 Å². The molecular formula is C26H19F3N6O3. The number of nitriles is 1. The summed E-state index contributed by atoms with van der Waals surface area (Å²) in [5.74, 6) is -0.509. The second-order valence-corrected chi connectivity index (χ2v) is 9.58. The highest BCUT2D eigenvalue weighted by Crippen LogP contribution is 2.44. The molecule has 12 heteroatoms. The summed E-state index contributed by atoms with van der Waals surface area (Å²) in [6.45, 7) is 1.65. The van der Waals surface area contributed by atoms with Crippen molar-refractivity contribution in [1.29, 1.82) is 5.26 Å². The maximum absolute atomic E-state index is 13.6. The zero-order valence-corrected chi connectivity index (χ0v) is 19.9. The monoisotopic (exact) mass is 520 g/mol. The first-order valence-corrected chi connectivity index (χ1v) is 11.8. The third-order valence-corrected chi connectivity index (χ3v) is 7.29. The van der Waals surface area contributed by atoms with Gasteiger partial charge in [-0.25, -0.2) is 14.5 Å². The lowest BCUT2D eigenvalue weighted by Crippen LogP contribution is -2.55. The fourth-order valence-electron chi connectivity index (χ4n) is 5.77. The lowest BCUT2D eigenvalue weighted by molar-refractivity contribution is -0.137. The number of rotatable bonds is 2. The first-order chi connectivity index (χ1) is 18.1. The van der Waals surface area contributed by atoms with Gasteiger partial charge >= 0.3 is 18.2 Å². The topological polar surface area (TPSA) is 110 Å². The number of halogens is 3. The summed E-state index contributed by atoms with van der Waals surface area (Å²) in [5.41, 5.74) is 0.413. The number of alkyl halides is 3. The fourth-order valence-corrected chi connectivity index (χ4v) is 5.77. The van der Waals surface area contributed by atoms with E-state index in [0.29, 0.717) is 34.1 Å². The molecule has 0 saturated carbocycles. The predicted molar refractivity (Wildman–Crippen MR) is 129 cm³/mol. The molecule has 3 saturated heterocycles. The van der Waals surface area contributed by atoms with Crippen molar-refractivity contribution in [3.8, 4) is 6.07 Å². The van der Waals surface area contributed by atoms with Gasteiger partial charge in [-0.3, -0.25) is 9.78 Å². The minimum absolute atomic E-state index is 0.00559. The molecule has 6 rings (SSSR count). The maximum atomic E-state index is 13.6. The van der Waals surface area contributed by atoms with Gasteiger partial charge in [0.1, 0.15) is 12.1 Å². The number of hydrogen-bond donors (Lipinski definition) is 1. The molecule has 3 aliphatic heterocycles. The summed E-state index contributed by atoms with van der Waals surface area (Å²) < 4.78 is 39.7. The van der Waals surface area contributed by atoms with Crippen molar-refractivity contribution in [3.63, 3.8) is 0 Å². The third kappa shape index (κ3) is 3.46. The lowest BCUT2D eigenvalue weighted by atomic mass is 10.1. The Hall–Kier alpha value is -4.66. The highest BCUT2D eigenvalue weighted by molar-refractivity contribution is 6.25. The average molecular weight is 520 g/mol. The number of urea groups is 2. The number of nitrogens with one attached hydrogen (secondary N) is 1. The number of carbonyl (C=O) groups is 3. The number of benzene rings is 2. The van der Waals surface area contributed by atoms with Gasteiger partial charge in [-0.05, 0) is 61.4 Å². The van der Waals surface area contributed by atoms with Gasteiger partial charge in [0.25, 0.3) is 5.91 Å². The van der Waals surface area contributed by atoms with Gasteiger partial charge in [0.2, 0.25) is 0 Å². The second-order valence-electron chi connectivity index (χ2n) is 9.58. The van der Waals surface area contributed by atoms with Gasteiger partial charge in [0, 0.05) is 23.8 Å². The SMILES string of the molecule is Cc1cc(NC(=O)N2C[C@H]3CC2[C@H]2C(=O)N(c4ccc(C#N)c5ncccc45)C(=O)N32)cc(C(F)(F)F)c1. The molecule has 0 radical (unpaired) electrons. The van der Waals surface area contributed by atoms with Gasteiger partial charge in [0.05, 0.1) is 34.4 Å². The van der Waals surface area contributed by atoms with E-state index >= 15 is 0 Å². The number of anilines is 2. The van der Waals surface area contributed by atoms with Crippen LogP contribution in [-0.4, -0.2) is 57.4 Å². The Morgan fingerprint density at radius 2 is 1.97 bits per heavy atom. The molecule has 1 N–H and O–H groups in total. The summed E-state index contributed by atoms with van der Waals surface area (Å²) in [5, 5.41) is 12.4. The Kier molecular flexibility index (Phi) is 5.10. The van der Waals surface area contributed by atoms with E-state index in [0.717, 1.165) is 17.0 Å². The van der Waals surface area contributed by atoms with Crippen molar-refractivity contribution in [1.82, 2.24) is 14.8 Å². The molecule has 0 aliphatic carbocycles. The van der Waals surface area contributed by atoms with Crippen molar-refractivity contribution >= 4 is 40.2 Å². The number of aromatic nitrogens is 1. The number of amides is 5. The Labute approximate surface area is 214 Å². The van der Waals surface area contributed by atoms with Crippen molar-refractivity contribution in [2.45, 2.75) is 37.6 Å². The predicted octanol–water partition coefficient (Wildman–Crippen LogP) is 4.26. The van der Waals surface area contributed by atoms with Crippen LogP contribution in [0, 0.1) is 18.3 Å². The lowest BCUT2D eigenvalue weighted by Gasteiger charge is -2.34. The zero-order chi connectivity index (χ0) is 26.9. The van der Waals surface area contributed by atoms with Crippen molar-refractivity contribution in [2.75, 3.05) is 16.8 Å². The number of nitrogens with zero attached hydrogens (tertiary/aromatic N) is 5. The highest BCUT2D eigenvalue weighted by atomic mass is 19.4. The quantitative estimate of drug-likeness (QED) is 0.508. The molecular weight excluding hydrogens is 501 g/mol. The summed E-state index contributed by atoms with van der Waals surface area (Å²) >= 11 is 0. The number of pyridine rings is 1. The van der Waals surface area contributed by atoms with Crippen molar-refractivity contribution in [2.24, 2.45) is 0 Å². The highest BCUT2D eigenvalue weighted by Gasteiger charge is 2.63. The normalized spacial score (nSPS) is 22.3. The molecule has 3 aliphatic rings. The van der Waals surface area contributed by atoms with E-state index in [9.17, 15) is 32.8 Å². The van der Waals surface area contributed by atoms with E-state index in [1.165, 1.54) is 41.1 Å². The first-order valence-electron chi connectivity index (χ1n) is 11.8. The van der Waals surface area contributed by atoms with E-state index in [1.54, 1.807) is 12.1 Å². The molecule has 38 heavy (non-hydrogen) atoms. The number of hydrogen-bond acceptors (Lipinski definition) is 5. The molecule has 1 aromatic heterocycles. The molecule has 0 spiro atoms. The molecule has 4 heterocycles. The molecule has 5 amide bonds. The number of fused-ring (bicyclic) bond motifs is 6. The van der Waals surface area contributed by atoms with Crippen LogP contribution in [0.1, 0.15) is 23.1 Å². The van der Waals surface area contributed by atoms with Crippen molar-refractivity contribution < 1.29 is 27.6 Å². The summed E-state index contributed by atoms with van der Waals surface area (Å²) in [4.78, 5) is 48.4. The average Bonchev–Trinajstić information content (AvgIpc) is 3.54. The molecule has 2 bridgehead atoms. The minimum Gasteiger partial charge on any atom is -0.317 e. The molecule has 2 aromatic carbocycles. The number of piperazine rings is 1. The summed E-state index contributed by atoms with van der Waals surface area (Å²) in [6, 6.07) is 8.57. The Bertz CT molecular complexity index is 1580. The fraction of sp³-hybridized carbons (Fsp3) is 0.269. The molecule has 9 nitrogen and oxygen atoms in total. The third-order valence-electron chi connectivity index (χ3n) is 7.29. The Morgan fingerprint density at radius 1 is 1.18 bits per heavy atom. The molecule has 3 fully saturated rings. The standard InChI is InChI=1S/C26H19F3N6O3/c1-13-7-15(26(27,28)29)9-16(8-13)32-24(37)33-12-17-10-20(33)22-23(36)35(25(38)34(17)22)19-5-4-14(11-30)21-18(19)3-2-6-31-21/h2-9,17,20,22H,10,12H2,1H3,(H,32,37)/t17-,20?,22+/m1/s1. The van der Waals surface area contributed by atoms with Gasteiger partial charge in [-0.1, -0.05) is 0 Å². The minimum atomic E-state index is -4.57. The molecule has 3 aromatic rings. The van der Waals surface area contributed by atoms with Crippen LogP contribution in [0.3, 0.4) is 0 Å². The molecule has 1 unspecified atom stereocenters. The summed E-state index contributed by atoms with van der Waals surface area (Å²) in [6.07, 6.45) is -2.66. The van der Waals surface area contributed by atoms with Crippen LogP contribution in [-0.2, 0) is 11.0 Å². The van der Waals surface area contributed by atoms with E-state index < -0.39 is 47.8 Å². The molecule has 3 atom stereocenters. The van der Waals surface area contributed by atoms with Crippen LogP contribution >= 0.6 is 0 Å². The van der Waals surface area contributed by atoms with Gasteiger partial charge < -0.3 is 15.1 Å². The van der Waals surface area contributed by atoms with Crippen LogP contribution in [0.25, 0.3) is 10.9 Å². The first kappa shape index (κ1) is 23.7. The van der Waals surface area contributed by atoms with Crippen LogP contribution in [0.4, 0.5) is 34.1 Å². The van der Waals surface area contributed by atoms with Crippen LogP contribution in [0.5, 0.6) is 0 Å². The second kappa shape index (κ2) is 8.17. The zero-order valence-electron chi connectivity index (χ0n) is 19.9. The van der Waals surface area contributed by atoms with Crippen molar-refractivity contribution in [3.05, 3.63) is 65.4 Å². The van der Waals surface area contributed by atoms with Crippen LogP contribution < -0.4 is 10.2 Å². The number of carbonyl (C=O) groups excluding carboxylic acids is 3. The Morgan fingerprint density at radius 3 is 2.71 bits per heavy atom. The smallest absolute Gasteiger partial charge is 0.317 e. The summed E-state index contributed by atoms with van der Waals surface area (Å²) in [7, 11) is 0. The number of likely N-dealkylation sites (tertiary alicyclic amines) is 1. The molecule has 192 valence electrons. The largest absolute Gasteiger partial charge is 0.416 e. The Balaban J connectivity index is 1.28. The van der Waals surface area contributed by atoms with E-state index in [4.69, 9.17) is 0 Å². The van der Waals surface area contributed by atoms with Gasteiger partial charge in [-0.15, -0.1) is 0 Å².